The maximum Gasteiger partial charge on any atom is 0.140 e. The summed E-state index contributed by atoms with van der Waals surface area (Å²) < 4.78 is 1.28. The van der Waals surface area contributed by atoms with Crippen LogP contribution >= 0.6 is 27.7 Å². The Hall–Kier alpha value is -0.220. The molecule has 0 radical (unpaired) electrons. The highest BCUT2D eigenvalue weighted by atomic mass is 79.9. The monoisotopic (exact) mass is 288 g/mol. The van der Waals surface area contributed by atoms with Gasteiger partial charge in [-0.25, -0.2) is 4.98 Å². The van der Waals surface area contributed by atoms with E-state index in [9.17, 15) is 0 Å². The number of aromatic nitrogens is 1. The molecule has 0 unspecified atom stereocenters. The number of hydrogen-bond acceptors (Lipinski definition) is 3. The number of nitrogens with zero attached hydrogens (tertiary/aromatic N) is 1. The average Bonchev–Trinajstić information content (AvgIpc) is 2.20. The second-order valence-electron chi connectivity index (χ2n) is 4.11. The lowest BCUT2D eigenvalue weighted by atomic mass is 10.2. The van der Waals surface area contributed by atoms with Crippen LogP contribution in [0, 0.1) is 6.92 Å². The smallest absolute Gasteiger partial charge is 0.140 e. The SMILES string of the molecule is CSC(C)(C)CNc1nccc(C)c1Br. The van der Waals surface area contributed by atoms with Crippen molar-refractivity contribution in [3.05, 3.63) is 22.3 Å². The van der Waals surface area contributed by atoms with Crippen molar-refractivity contribution >= 4 is 33.5 Å². The van der Waals surface area contributed by atoms with E-state index in [2.05, 4.69) is 53.3 Å². The first-order chi connectivity index (χ1) is 6.96. The molecule has 4 heteroatoms. The molecule has 0 aliphatic heterocycles. The molecule has 0 saturated heterocycles. The van der Waals surface area contributed by atoms with E-state index >= 15 is 0 Å². The molecule has 0 saturated carbocycles. The van der Waals surface area contributed by atoms with Crippen LogP contribution in [0.25, 0.3) is 0 Å². The molecule has 1 N–H and O–H groups in total. The van der Waals surface area contributed by atoms with Crippen molar-refractivity contribution in [2.24, 2.45) is 0 Å². The fraction of sp³-hybridized carbons (Fsp3) is 0.545. The van der Waals surface area contributed by atoms with Crippen LogP contribution in [0.5, 0.6) is 0 Å². The second-order valence-corrected chi connectivity index (χ2v) is 6.41. The van der Waals surface area contributed by atoms with E-state index in [4.69, 9.17) is 0 Å². The molecule has 1 aromatic rings. The molecule has 1 rings (SSSR count). The van der Waals surface area contributed by atoms with Gasteiger partial charge in [0, 0.05) is 17.5 Å². The average molecular weight is 289 g/mol. The van der Waals surface area contributed by atoms with E-state index in [0.717, 1.165) is 16.8 Å². The third-order valence-corrected chi connectivity index (χ3v) is 4.57. The van der Waals surface area contributed by atoms with E-state index in [1.165, 1.54) is 5.56 Å². The lowest BCUT2D eigenvalue weighted by molar-refractivity contribution is 0.749. The van der Waals surface area contributed by atoms with Gasteiger partial charge in [0.15, 0.2) is 0 Å². The molecule has 1 aromatic heterocycles. The van der Waals surface area contributed by atoms with Crippen LogP contribution in [0.3, 0.4) is 0 Å². The van der Waals surface area contributed by atoms with Crippen molar-refractivity contribution < 1.29 is 0 Å². The number of thioether (sulfide) groups is 1. The fourth-order valence-corrected chi connectivity index (χ4v) is 1.62. The van der Waals surface area contributed by atoms with Gasteiger partial charge in [0.05, 0.1) is 4.47 Å². The number of anilines is 1. The Bertz CT molecular complexity index is 339. The quantitative estimate of drug-likeness (QED) is 0.914. The van der Waals surface area contributed by atoms with Gasteiger partial charge in [0.2, 0.25) is 0 Å². The van der Waals surface area contributed by atoms with Gasteiger partial charge in [-0.2, -0.15) is 11.8 Å². The van der Waals surface area contributed by atoms with Crippen LogP contribution in [0.15, 0.2) is 16.7 Å². The molecule has 0 atom stereocenters. The predicted molar refractivity (Wildman–Crippen MR) is 72.8 cm³/mol. The van der Waals surface area contributed by atoms with Gasteiger partial charge >= 0.3 is 0 Å². The predicted octanol–water partition coefficient (Wildman–Crippen LogP) is 3.71. The van der Waals surface area contributed by atoms with Crippen LogP contribution in [0.2, 0.25) is 0 Å². The van der Waals surface area contributed by atoms with Crippen LogP contribution in [-0.2, 0) is 0 Å². The Morgan fingerprint density at radius 3 is 2.80 bits per heavy atom. The molecular weight excluding hydrogens is 272 g/mol. The molecule has 0 aliphatic carbocycles. The summed E-state index contributed by atoms with van der Waals surface area (Å²) >= 11 is 5.39. The number of halogens is 1. The third-order valence-electron chi connectivity index (χ3n) is 2.32. The number of pyridine rings is 1. The molecule has 2 nitrogen and oxygen atoms in total. The number of aryl methyl sites for hydroxylation is 1. The zero-order chi connectivity index (χ0) is 11.5. The van der Waals surface area contributed by atoms with Crippen molar-refractivity contribution in [2.45, 2.75) is 25.5 Å². The van der Waals surface area contributed by atoms with Gasteiger partial charge in [-0.3, -0.25) is 0 Å². The number of nitrogens with one attached hydrogen (secondary N) is 1. The van der Waals surface area contributed by atoms with Crippen LogP contribution in [-0.4, -0.2) is 22.5 Å². The highest BCUT2D eigenvalue weighted by Gasteiger charge is 2.16. The first kappa shape index (κ1) is 12.8. The molecule has 0 aromatic carbocycles. The normalized spacial score (nSPS) is 11.5. The zero-order valence-corrected chi connectivity index (χ0v) is 12.0. The zero-order valence-electron chi connectivity index (χ0n) is 9.60. The largest absolute Gasteiger partial charge is 0.368 e. The van der Waals surface area contributed by atoms with Gasteiger partial charge < -0.3 is 5.32 Å². The van der Waals surface area contributed by atoms with Gasteiger partial charge in [-0.15, -0.1) is 0 Å². The van der Waals surface area contributed by atoms with Crippen molar-refractivity contribution in [1.82, 2.24) is 4.98 Å². The first-order valence-electron chi connectivity index (χ1n) is 4.86. The van der Waals surface area contributed by atoms with Crippen molar-refractivity contribution in [3.8, 4) is 0 Å². The van der Waals surface area contributed by atoms with Crippen LogP contribution < -0.4 is 5.32 Å². The van der Waals surface area contributed by atoms with Crippen molar-refractivity contribution in [1.29, 1.82) is 0 Å². The highest BCUT2D eigenvalue weighted by Crippen LogP contribution is 2.26. The van der Waals surface area contributed by atoms with E-state index in [-0.39, 0.29) is 4.75 Å². The summed E-state index contributed by atoms with van der Waals surface area (Å²) in [5.74, 6) is 0.928. The molecule has 0 amide bonds. The van der Waals surface area contributed by atoms with E-state index in [0.29, 0.717) is 0 Å². The molecule has 1 heterocycles. The Kier molecular flexibility index (Phi) is 4.46. The minimum absolute atomic E-state index is 0.227. The van der Waals surface area contributed by atoms with E-state index < -0.39 is 0 Å². The maximum absolute atomic E-state index is 4.31. The number of rotatable bonds is 4. The number of hydrogen-bond donors (Lipinski definition) is 1. The highest BCUT2D eigenvalue weighted by molar-refractivity contribution is 9.10. The van der Waals surface area contributed by atoms with Gasteiger partial charge in [-0.1, -0.05) is 0 Å². The Morgan fingerprint density at radius 2 is 2.20 bits per heavy atom. The van der Waals surface area contributed by atoms with Gasteiger partial charge in [0.25, 0.3) is 0 Å². The Morgan fingerprint density at radius 1 is 1.53 bits per heavy atom. The molecule has 84 valence electrons. The summed E-state index contributed by atoms with van der Waals surface area (Å²) in [6.07, 6.45) is 3.95. The minimum atomic E-state index is 0.227. The summed E-state index contributed by atoms with van der Waals surface area (Å²) in [5.41, 5.74) is 1.20. The maximum atomic E-state index is 4.31. The standard InChI is InChI=1S/C11H17BrN2S/c1-8-5-6-13-10(9(8)12)14-7-11(2,3)15-4/h5-6H,7H2,1-4H3,(H,13,14). The molecular formula is C11H17BrN2S. The summed E-state index contributed by atoms with van der Waals surface area (Å²) in [7, 11) is 0. The molecule has 0 bridgehead atoms. The molecule has 0 aliphatic rings. The van der Waals surface area contributed by atoms with E-state index in [1.54, 1.807) is 0 Å². The molecule has 15 heavy (non-hydrogen) atoms. The topological polar surface area (TPSA) is 24.9 Å². The van der Waals surface area contributed by atoms with Crippen molar-refractivity contribution in [2.75, 3.05) is 18.1 Å². The van der Waals surface area contributed by atoms with Gasteiger partial charge in [-0.05, 0) is 54.6 Å². The lowest BCUT2D eigenvalue weighted by Crippen LogP contribution is -2.26. The summed E-state index contributed by atoms with van der Waals surface area (Å²) in [6, 6.07) is 2.00. The Labute approximate surface area is 104 Å². The first-order valence-corrected chi connectivity index (χ1v) is 6.88. The minimum Gasteiger partial charge on any atom is -0.368 e. The second kappa shape index (κ2) is 5.21. The van der Waals surface area contributed by atoms with Crippen LogP contribution in [0.4, 0.5) is 5.82 Å². The van der Waals surface area contributed by atoms with Crippen molar-refractivity contribution in [3.63, 3.8) is 0 Å². The fourth-order valence-electron chi connectivity index (χ4n) is 1.03. The Balaban J connectivity index is 2.70. The van der Waals surface area contributed by atoms with E-state index in [1.807, 2.05) is 24.0 Å². The van der Waals surface area contributed by atoms with Crippen LogP contribution in [0.1, 0.15) is 19.4 Å². The molecule has 0 fully saturated rings. The third kappa shape index (κ3) is 3.68. The van der Waals surface area contributed by atoms with Gasteiger partial charge in [0.1, 0.15) is 5.82 Å². The lowest BCUT2D eigenvalue weighted by Gasteiger charge is -2.23. The molecule has 0 spiro atoms. The summed E-state index contributed by atoms with van der Waals surface area (Å²) in [4.78, 5) is 4.31. The summed E-state index contributed by atoms with van der Waals surface area (Å²) in [5, 5.41) is 3.37. The summed E-state index contributed by atoms with van der Waals surface area (Å²) in [6.45, 7) is 7.41.